The van der Waals surface area contributed by atoms with Crippen LogP contribution in [0.2, 0.25) is 0 Å². The Morgan fingerprint density at radius 2 is 2.18 bits per heavy atom. The Morgan fingerprint density at radius 3 is 2.82 bits per heavy atom. The van der Waals surface area contributed by atoms with E-state index in [0.717, 1.165) is 5.69 Å². The Labute approximate surface area is 168 Å². The zero-order valence-corrected chi connectivity index (χ0v) is 16.8. The van der Waals surface area contributed by atoms with Crippen molar-refractivity contribution in [1.82, 2.24) is 20.4 Å². The number of rotatable bonds is 8. The molecule has 0 bridgehead atoms. The molecule has 0 atom stereocenters. The minimum absolute atomic E-state index is 0.119. The second-order valence-corrected chi connectivity index (χ2v) is 8.04. The molecule has 1 N–H and O–H groups in total. The molecule has 1 aromatic carbocycles. The van der Waals surface area contributed by atoms with Gasteiger partial charge in [-0.3, -0.25) is 14.9 Å². The number of hydrogen-bond acceptors (Lipinski definition) is 9. The molecule has 28 heavy (non-hydrogen) atoms. The van der Waals surface area contributed by atoms with Crippen LogP contribution in [0.1, 0.15) is 34.2 Å². The molecule has 0 aliphatic carbocycles. The van der Waals surface area contributed by atoms with Crippen LogP contribution in [0.15, 0.2) is 37.3 Å². The molecule has 11 heteroatoms. The van der Waals surface area contributed by atoms with E-state index in [1.807, 2.05) is 12.3 Å². The van der Waals surface area contributed by atoms with Crippen molar-refractivity contribution in [3.05, 3.63) is 56.7 Å². The number of hydrogen-bond donors (Lipinski definition) is 1. The number of amides is 1. The number of nitrogens with zero attached hydrogens (tertiary/aromatic N) is 4. The van der Waals surface area contributed by atoms with Crippen LogP contribution in [0.5, 0.6) is 0 Å². The number of carbonyl (C=O) groups is 1. The summed E-state index contributed by atoms with van der Waals surface area (Å²) in [5.74, 6) is 0.713. The molecule has 1 amide bonds. The fourth-order valence-electron chi connectivity index (χ4n) is 2.35. The lowest BCUT2D eigenvalue weighted by Gasteiger charge is -2.06. The fourth-order valence-corrected chi connectivity index (χ4v) is 4.22. The van der Waals surface area contributed by atoms with Gasteiger partial charge in [-0.05, 0) is 32.4 Å². The van der Waals surface area contributed by atoms with Crippen molar-refractivity contribution in [1.29, 1.82) is 0 Å². The Morgan fingerprint density at radius 1 is 1.36 bits per heavy atom. The number of aryl methyl sites for hydroxylation is 3. The van der Waals surface area contributed by atoms with Crippen LogP contribution in [0.3, 0.4) is 0 Å². The first kappa shape index (κ1) is 20.0. The third-order valence-electron chi connectivity index (χ3n) is 3.64. The van der Waals surface area contributed by atoms with Gasteiger partial charge in [0.1, 0.15) is 0 Å². The largest absolute Gasteiger partial charge is 0.352 e. The van der Waals surface area contributed by atoms with E-state index in [0.29, 0.717) is 40.3 Å². The van der Waals surface area contributed by atoms with Gasteiger partial charge in [0.15, 0.2) is 10.2 Å². The molecule has 0 unspecified atom stereocenters. The van der Waals surface area contributed by atoms with Crippen molar-refractivity contribution in [2.24, 2.45) is 0 Å². The Hall–Kier alpha value is -2.79. The number of benzene rings is 1. The quantitative estimate of drug-likeness (QED) is 0.334. The molecule has 0 aliphatic heterocycles. The summed E-state index contributed by atoms with van der Waals surface area (Å²) in [5, 5.41) is 19.8. The first-order valence-corrected chi connectivity index (χ1v) is 10.1. The molecular weight excluding hydrogens is 402 g/mol. The van der Waals surface area contributed by atoms with Gasteiger partial charge < -0.3 is 9.84 Å². The van der Waals surface area contributed by atoms with Crippen molar-refractivity contribution < 1.29 is 14.2 Å². The van der Waals surface area contributed by atoms with Gasteiger partial charge >= 0.3 is 0 Å². The van der Waals surface area contributed by atoms with Gasteiger partial charge in [0.2, 0.25) is 5.89 Å². The molecule has 0 radical (unpaired) electrons. The number of carbonyl (C=O) groups excluding carboxylic acids is 1. The number of nitro benzene ring substituents is 1. The van der Waals surface area contributed by atoms with Crippen molar-refractivity contribution in [2.45, 2.75) is 35.9 Å². The first-order chi connectivity index (χ1) is 13.4. The second-order valence-electron chi connectivity index (χ2n) is 5.89. The molecule has 3 aromatic rings. The van der Waals surface area contributed by atoms with E-state index >= 15 is 0 Å². The van der Waals surface area contributed by atoms with Gasteiger partial charge in [-0.25, -0.2) is 4.98 Å². The van der Waals surface area contributed by atoms with E-state index in [2.05, 4.69) is 20.4 Å². The normalized spacial score (nSPS) is 10.8. The lowest BCUT2D eigenvalue weighted by atomic mass is 10.2. The minimum atomic E-state index is -0.489. The summed E-state index contributed by atoms with van der Waals surface area (Å²) >= 11 is 2.64. The van der Waals surface area contributed by atoms with Crippen molar-refractivity contribution in [3.8, 4) is 0 Å². The van der Waals surface area contributed by atoms with Gasteiger partial charge in [0.25, 0.3) is 11.6 Å². The summed E-state index contributed by atoms with van der Waals surface area (Å²) in [6, 6.07) is 4.45. The van der Waals surface area contributed by atoms with Crippen molar-refractivity contribution >= 4 is 34.7 Å². The van der Waals surface area contributed by atoms with Crippen LogP contribution in [0.4, 0.5) is 5.69 Å². The number of thiazole rings is 1. The summed E-state index contributed by atoms with van der Waals surface area (Å²) in [6.07, 6.45) is 1.16. The maximum absolute atomic E-state index is 12.3. The average molecular weight is 419 g/mol. The highest BCUT2D eigenvalue weighted by Crippen LogP contribution is 2.36. The molecule has 0 aliphatic rings. The van der Waals surface area contributed by atoms with E-state index in [1.165, 1.54) is 29.2 Å². The van der Waals surface area contributed by atoms with Crippen molar-refractivity contribution in [3.63, 3.8) is 0 Å². The van der Waals surface area contributed by atoms with E-state index < -0.39 is 4.92 Å². The molecule has 2 heterocycles. The van der Waals surface area contributed by atoms with Crippen LogP contribution >= 0.6 is 23.1 Å². The monoisotopic (exact) mass is 419 g/mol. The molecule has 146 valence electrons. The molecule has 0 saturated heterocycles. The molecule has 0 spiro atoms. The predicted octanol–water partition coefficient (Wildman–Crippen LogP) is 3.56. The lowest BCUT2D eigenvalue weighted by Crippen LogP contribution is -2.24. The Balaban J connectivity index is 1.61. The number of nitro groups is 1. The third kappa shape index (κ3) is 5.14. The van der Waals surface area contributed by atoms with Crippen LogP contribution in [-0.2, 0) is 6.42 Å². The zero-order valence-electron chi connectivity index (χ0n) is 15.2. The fraction of sp³-hybridized carbons (Fsp3) is 0.294. The molecule has 2 aromatic heterocycles. The SMILES string of the molecule is Cc1csc(Sc2ccc(C(=O)NCCCc3nc(C)no3)cc2[N+](=O)[O-])n1. The summed E-state index contributed by atoms with van der Waals surface area (Å²) in [7, 11) is 0. The lowest BCUT2D eigenvalue weighted by molar-refractivity contribution is -0.387. The zero-order chi connectivity index (χ0) is 20.1. The highest BCUT2D eigenvalue weighted by atomic mass is 32.2. The molecule has 9 nitrogen and oxygen atoms in total. The van der Waals surface area contributed by atoms with E-state index in [-0.39, 0.29) is 17.2 Å². The van der Waals surface area contributed by atoms with E-state index in [1.54, 1.807) is 19.1 Å². The van der Waals surface area contributed by atoms with Crippen LogP contribution < -0.4 is 5.32 Å². The molecule has 0 saturated carbocycles. The minimum Gasteiger partial charge on any atom is -0.352 e. The topological polar surface area (TPSA) is 124 Å². The van der Waals surface area contributed by atoms with Gasteiger partial charge in [0.05, 0.1) is 9.82 Å². The van der Waals surface area contributed by atoms with Gasteiger partial charge in [0, 0.05) is 35.7 Å². The van der Waals surface area contributed by atoms with Crippen LogP contribution in [0, 0.1) is 24.0 Å². The summed E-state index contributed by atoms with van der Waals surface area (Å²) in [4.78, 5) is 32.1. The Bertz CT molecular complexity index is 1000. The standard InChI is InChI=1S/C17H17N5O4S2/c1-10-9-27-17(19-10)28-14-6-5-12(8-13(14)22(24)25)16(23)18-7-3-4-15-20-11(2)21-26-15/h5-6,8-9H,3-4,7H2,1-2H3,(H,18,23). The summed E-state index contributed by atoms with van der Waals surface area (Å²) in [5.41, 5.74) is 0.980. The molecular formula is C17H17N5O4S2. The van der Waals surface area contributed by atoms with E-state index in [9.17, 15) is 14.9 Å². The Kier molecular flexibility index (Phi) is 6.37. The maximum atomic E-state index is 12.3. The van der Waals surface area contributed by atoms with Gasteiger partial charge in [-0.15, -0.1) is 11.3 Å². The van der Waals surface area contributed by atoms with Crippen LogP contribution in [0.25, 0.3) is 0 Å². The highest BCUT2D eigenvalue weighted by molar-refractivity contribution is 8.01. The predicted molar refractivity (Wildman–Crippen MR) is 104 cm³/mol. The molecule has 0 fully saturated rings. The number of nitrogens with one attached hydrogen (secondary N) is 1. The molecule has 3 rings (SSSR count). The van der Waals surface area contributed by atoms with Crippen LogP contribution in [-0.4, -0.2) is 32.5 Å². The second kappa shape index (κ2) is 8.93. The summed E-state index contributed by atoms with van der Waals surface area (Å²) in [6.45, 7) is 3.99. The number of aromatic nitrogens is 3. The summed E-state index contributed by atoms with van der Waals surface area (Å²) < 4.78 is 5.72. The highest BCUT2D eigenvalue weighted by Gasteiger charge is 2.19. The average Bonchev–Trinajstić information content (AvgIpc) is 3.26. The first-order valence-electron chi connectivity index (χ1n) is 8.38. The van der Waals surface area contributed by atoms with Gasteiger partial charge in [-0.1, -0.05) is 16.9 Å². The third-order valence-corrected chi connectivity index (χ3v) is 5.76. The smallest absolute Gasteiger partial charge is 0.284 e. The van der Waals surface area contributed by atoms with Crippen molar-refractivity contribution in [2.75, 3.05) is 6.54 Å². The maximum Gasteiger partial charge on any atom is 0.284 e. The van der Waals surface area contributed by atoms with E-state index in [4.69, 9.17) is 4.52 Å². The van der Waals surface area contributed by atoms with Gasteiger partial charge in [-0.2, -0.15) is 4.98 Å².